The molecular formula is C24H23F3N2O2S. The number of anilines is 1. The van der Waals surface area contributed by atoms with Gasteiger partial charge in [0, 0.05) is 24.7 Å². The highest BCUT2D eigenvalue weighted by molar-refractivity contribution is 7.90. The summed E-state index contributed by atoms with van der Waals surface area (Å²) >= 11 is 0. The minimum atomic E-state index is -3.85. The number of hydrogen-bond donors (Lipinski definition) is 1. The summed E-state index contributed by atoms with van der Waals surface area (Å²) in [5, 5.41) is 0. The molecule has 4 nitrogen and oxygen atoms in total. The molecule has 8 heteroatoms. The van der Waals surface area contributed by atoms with Crippen molar-refractivity contribution in [2.45, 2.75) is 18.8 Å². The zero-order chi connectivity index (χ0) is 22.7. The molecule has 168 valence electrons. The van der Waals surface area contributed by atoms with Gasteiger partial charge in [0.1, 0.15) is 17.5 Å². The molecule has 3 aromatic rings. The normalized spacial score (nSPS) is 17.4. The summed E-state index contributed by atoms with van der Waals surface area (Å²) in [6.45, 7) is 0.600. The van der Waals surface area contributed by atoms with Crippen LogP contribution in [-0.4, -0.2) is 25.8 Å². The number of benzene rings is 3. The summed E-state index contributed by atoms with van der Waals surface area (Å²) in [7, 11) is -3.85. The van der Waals surface area contributed by atoms with Gasteiger partial charge in [0.15, 0.2) is 0 Å². The van der Waals surface area contributed by atoms with E-state index >= 15 is 0 Å². The number of hydrogen-bond acceptors (Lipinski definition) is 2. The monoisotopic (exact) mass is 460 g/mol. The first kappa shape index (κ1) is 22.4. The molecule has 0 amide bonds. The predicted octanol–water partition coefficient (Wildman–Crippen LogP) is 5.30. The van der Waals surface area contributed by atoms with E-state index in [0.29, 0.717) is 13.0 Å². The van der Waals surface area contributed by atoms with Gasteiger partial charge in [-0.2, -0.15) is 12.7 Å². The topological polar surface area (TPSA) is 49.4 Å². The molecule has 0 aliphatic carbocycles. The Bertz CT molecular complexity index is 1110. The largest absolute Gasteiger partial charge is 0.301 e. The average molecular weight is 461 g/mol. The van der Waals surface area contributed by atoms with Crippen molar-refractivity contribution >= 4 is 15.9 Å². The van der Waals surface area contributed by atoms with Crippen LogP contribution in [0.1, 0.15) is 29.9 Å². The van der Waals surface area contributed by atoms with E-state index in [1.165, 1.54) is 52.8 Å². The van der Waals surface area contributed by atoms with Crippen LogP contribution in [0.15, 0.2) is 72.8 Å². The average Bonchev–Trinajstić information content (AvgIpc) is 2.78. The van der Waals surface area contributed by atoms with Crippen molar-refractivity contribution in [1.29, 1.82) is 0 Å². The molecule has 0 aromatic heterocycles. The van der Waals surface area contributed by atoms with Gasteiger partial charge in [0.25, 0.3) is 0 Å². The molecule has 1 aliphatic heterocycles. The van der Waals surface area contributed by atoms with Crippen molar-refractivity contribution in [3.8, 4) is 0 Å². The smallest absolute Gasteiger partial charge is 0.271 e. The Hall–Kier alpha value is -2.84. The number of piperidine rings is 1. The van der Waals surface area contributed by atoms with Crippen LogP contribution in [0.5, 0.6) is 0 Å². The SMILES string of the molecule is O=S(=O)(Nc1ccc(F)cc1)N1CCCC(C(c2ccc(F)cc2)c2ccc(F)cc2)C1. The second-order valence-electron chi connectivity index (χ2n) is 7.96. The number of halogens is 3. The molecule has 1 unspecified atom stereocenters. The Morgan fingerprint density at radius 3 is 1.75 bits per heavy atom. The highest BCUT2D eigenvalue weighted by atomic mass is 32.2. The van der Waals surface area contributed by atoms with E-state index in [2.05, 4.69) is 4.72 Å². The van der Waals surface area contributed by atoms with Crippen LogP contribution in [0.25, 0.3) is 0 Å². The highest BCUT2D eigenvalue weighted by Crippen LogP contribution is 2.38. The van der Waals surface area contributed by atoms with Crippen LogP contribution >= 0.6 is 0 Å². The number of rotatable bonds is 6. The summed E-state index contributed by atoms with van der Waals surface area (Å²) in [6, 6.07) is 17.4. The molecular weight excluding hydrogens is 437 g/mol. The summed E-state index contributed by atoms with van der Waals surface area (Å²) in [5.41, 5.74) is 1.96. The van der Waals surface area contributed by atoms with Gasteiger partial charge in [-0.25, -0.2) is 13.2 Å². The maximum Gasteiger partial charge on any atom is 0.301 e. The van der Waals surface area contributed by atoms with Crippen LogP contribution in [0.2, 0.25) is 0 Å². The Balaban J connectivity index is 1.61. The molecule has 4 rings (SSSR count). The zero-order valence-corrected chi connectivity index (χ0v) is 18.0. The van der Waals surface area contributed by atoms with Crippen LogP contribution in [0.3, 0.4) is 0 Å². The van der Waals surface area contributed by atoms with E-state index in [4.69, 9.17) is 0 Å². The van der Waals surface area contributed by atoms with Crippen LogP contribution in [-0.2, 0) is 10.2 Å². The summed E-state index contributed by atoms with van der Waals surface area (Å²) < 4.78 is 70.1. The predicted molar refractivity (Wildman–Crippen MR) is 118 cm³/mol. The lowest BCUT2D eigenvalue weighted by Crippen LogP contribution is -2.44. The number of nitrogens with zero attached hydrogens (tertiary/aromatic N) is 1. The van der Waals surface area contributed by atoms with Crippen LogP contribution in [0.4, 0.5) is 18.9 Å². The van der Waals surface area contributed by atoms with E-state index in [1.54, 1.807) is 24.3 Å². The van der Waals surface area contributed by atoms with Gasteiger partial charge in [0.05, 0.1) is 0 Å². The molecule has 0 bridgehead atoms. The zero-order valence-electron chi connectivity index (χ0n) is 17.2. The quantitative estimate of drug-likeness (QED) is 0.542. The molecule has 0 saturated carbocycles. The Kier molecular flexibility index (Phi) is 6.53. The van der Waals surface area contributed by atoms with Crippen molar-refractivity contribution in [1.82, 2.24) is 4.31 Å². The van der Waals surface area contributed by atoms with Crippen LogP contribution < -0.4 is 4.72 Å². The van der Waals surface area contributed by atoms with Gasteiger partial charge in [0.2, 0.25) is 0 Å². The second kappa shape index (κ2) is 9.34. The lowest BCUT2D eigenvalue weighted by molar-refractivity contribution is 0.250. The third-order valence-corrected chi connectivity index (χ3v) is 7.29. The molecule has 0 radical (unpaired) electrons. The summed E-state index contributed by atoms with van der Waals surface area (Å²) in [4.78, 5) is 0. The first-order valence-corrected chi connectivity index (χ1v) is 11.8. The van der Waals surface area contributed by atoms with Crippen molar-refractivity contribution < 1.29 is 21.6 Å². The Labute approximate surface area is 185 Å². The number of nitrogens with one attached hydrogen (secondary N) is 1. The van der Waals surface area contributed by atoms with E-state index < -0.39 is 16.0 Å². The third-order valence-electron chi connectivity index (χ3n) is 5.78. The maximum atomic E-state index is 13.5. The van der Waals surface area contributed by atoms with Gasteiger partial charge in [-0.05, 0) is 78.4 Å². The fourth-order valence-electron chi connectivity index (χ4n) is 4.27. The van der Waals surface area contributed by atoms with E-state index in [9.17, 15) is 21.6 Å². The second-order valence-corrected chi connectivity index (χ2v) is 9.63. The fourth-order valence-corrected chi connectivity index (χ4v) is 5.59. The van der Waals surface area contributed by atoms with Gasteiger partial charge in [-0.1, -0.05) is 24.3 Å². The highest BCUT2D eigenvalue weighted by Gasteiger charge is 2.34. The molecule has 1 heterocycles. The van der Waals surface area contributed by atoms with Gasteiger partial charge >= 0.3 is 10.2 Å². The molecule has 1 N–H and O–H groups in total. The molecule has 3 aromatic carbocycles. The minimum absolute atomic E-state index is 0.0931. The molecule has 0 spiro atoms. The van der Waals surface area contributed by atoms with Gasteiger partial charge in [-0.3, -0.25) is 4.72 Å². The third kappa shape index (κ3) is 5.14. The lowest BCUT2D eigenvalue weighted by atomic mass is 9.77. The van der Waals surface area contributed by atoms with Crippen LogP contribution in [0, 0.1) is 23.4 Å². The molecule has 1 fully saturated rings. The van der Waals surface area contributed by atoms with Crippen molar-refractivity contribution in [2.24, 2.45) is 5.92 Å². The Morgan fingerprint density at radius 2 is 1.25 bits per heavy atom. The van der Waals surface area contributed by atoms with Gasteiger partial charge in [-0.15, -0.1) is 0 Å². The van der Waals surface area contributed by atoms with E-state index in [-0.39, 0.29) is 35.7 Å². The first-order chi connectivity index (χ1) is 15.3. The molecule has 32 heavy (non-hydrogen) atoms. The molecule has 1 atom stereocenters. The van der Waals surface area contributed by atoms with E-state index in [1.807, 2.05) is 0 Å². The molecule has 1 saturated heterocycles. The lowest BCUT2D eigenvalue weighted by Gasteiger charge is -2.37. The van der Waals surface area contributed by atoms with Gasteiger partial charge < -0.3 is 0 Å². The van der Waals surface area contributed by atoms with Crippen molar-refractivity contribution in [3.63, 3.8) is 0 Å². The Morgan fingerprint density at radius 1 is 0.781 bits per heavy atom. The first-order valence-electron chi connectivity index (χ1n) is 10.4. The van der Waals surface area contributed by atoms with E-state index in [0.717, 1.165) is 17.5 Å². The maximum absolute atomic E-state index is 13.5. The minimum Gasteiger partial charge on any atom is -0.271 e. The summed E-state index contributed by atoms with van der Waals surface area (Å²) in [5.74, 6) is -1.48. The fraction of sp³-hybridized carbons (Fsp3) is 0.250. The molecule has 1 aliphatic rings. The summed E-state index contributed by atoms with van der Waals surface area (Å²) in [6.07, 6.45) is 1.41. The van der Waals surface area contributed by atoms with Crippen molar-refractivity contribution in [3.05, 3.63) is 101 Å². The van der Waals surface area contributed by atoms with Crippen molar-refractivity contribution in [2.75, 3.05) is 17.8 Å². The standard InChI is InChI=1S/C24H23F3N2O2S/c25-20-7-3-17(4-8-20)24(18-5-9-21(26)10-6-18)19-2-1-15-29(16-19)32(30,31)28-23-13-11-22(27)12-14-23/h3-14,19,24,28H,1-2,15-16H2.